The first-order chi connectivity index (χ1) is 10.2. The van der Waals surface area contributed by atoms with E-state index in [0.717, 1.165) is 11.3 Å². The summed E-state index contributed by atoms with van der Waals surface area (Å²) in [5.41, 5.74) is 1.91. The lowest BCUT2D eigenvalue weighted by Crippen LogP contribution is -1.97. The Bertz CT molecular complexity index is 724. The topological polar surface area (TPSA) is 27.1 Å². The molecule has 0 bridgehead atoms. The molecule has 0 N–H and O–H groups in total. The van der Waals surface area contributed by atoms with Crippen LogP contribution in [0.4, 0.5) is 0 Å². The Kier molecular flexibility index (Phi) is 4.13. The second-order valence-corrected chi connectivity index (χ2v) is 5.26. The normalized spacial score (nSPS) is 10.6. The van der Waals surface area contributed by atoms with E-state index in [1.807, 2.05) is 42.5 Å². The molecule has 5 heteroatoms. The molecule has 106 valence electrons. The molecule has 3 nitrogen and oxygen atoms in total. The molecule has 3 aromatic rings. The summed E-state index contributed by atoms with van der Waals surface area (Å²) in [4.78, 5) is 0. The number of benzene rings is 2. The first-order valence-corrected chi connectivity index (χ1v) is 7.16. The van der Waals surface area contributed by atoms with Crippen LogP contribution in [-0.4, -0.2) is 9.78 Å². The highest BCUT2D eigenvalue weighted by molar-refractivity contribution is 6.31. The third-order valence-electron chi connectivity index (χ3n) is 2.99. The summed E-state index contributed by atoms with van der Waals surface area (Å²) < 4.78 is 7.32. The lowest BCUT2D eigenvalue weighted by atomic mass is 10.2. The Morgan fingerprint density at radius 3 is 2.38 bits per heavy atom. The Hall–Kier alpha value is -1.97. The Labute approximate surface area is 132 Å². The third-order valence-corrected chi connectivity index (χ3v) is 3.59. The number of aromatic nitrogens is 2. The van der Waals surface area contributed by atoms with Crippen LogP contribution in [0.25, 0.3) is 5.69 Å². The molecule has 0 amide bonds. The fourth-order valence-corrected chi connectivity index (χ4v) is 2.28. The maximum atomic E-state index is 6.31. The highest BCUT2D eigenvalue weighted by Gasteiger charge is 2.11. The van der Waals surface area contributed by atoms with Gasteiger partial charge in [-0.15, -0.1) is 0 Å². The quantitative estimate of drug-likeness (QED) is 0.693. The van der Waals surface area contributed by atoms with Gasteiger partial charge >= 0.3 is 0 Å². The summed E-state index contributed by atoms with van der Waals surface area (Å²) in [7, 11) is 0. The molecule has 0 aliphatic carbocycles. The number of hydrogen-bond donors (Lipinski definition) is 0. The molecule has 0 spiro atoms. The maximum Gasteiger partial charge on any atom is 0.177 e. The summed E-state index contributed by atoms with van der Waals surface area (Å²) >= 11 is 12.2. The summed E-state index contributed by atoms with van der Waals surface area (Å²) in [6, 6.07) is 17.2. The second-order valence-electron chi connectivity index (χ2n) is 4.46. The first-order valence-electron chi connectivity index (χ1n) is 6.40. The van der Waals surface area contributed by atoms with Crippen molar-refractivity contribution in [3.05, 3.63) is 76.5 Å². The van der Waals surface area contributed by atoms with E-state index >= 15 is 0 Å². The Morgan fingerprint density at radius 2 is 1.67 bits per heavy atom. The molecule has 0 saturated carbocycles. The van der Waals surface area contributed by atoms with Crippen LogP contribution in [0.2, 0.25) is 10.2 Å². The van der Waals surface area contributed by atoms with E-state index in [1.165, 1.54) is 0 Å². The SMILES string of the molecule is Clc1ccc(-n2ncc(OCc3ccccc3)c2Cl)cc1. The summed E-state index contributed by atoms with van der Waals surface area (Å²) in [5, 5.41) is 5.35. The smallest absolute Gasteiger partial charge is 0.177 e. The zero-order valence-electron chi connectivity index (χ0n) is 11.0. The molecule has 0 atom stereocenters. The number of nitrogens with zero attached hydrogens (tertiary/aromatic N) is 2. The van der Waals surface area contributed by atoms with Gasteiger partial charge in [-0.1, -0.05) is 53.5 Å². The van der Waals surface area contributed by atoms with Crippen molar-refractivity contribution in [1.29, 1.82) is 0 Å². The van der Waals surface area contributed by atoms with E-state index in [1.54, 1.807) is 23.0 Å². The van der Waals surface area contributed by atoms with Gasteiger partial charge in [0.1, 0.15) is 6.61 Å². The molecule has 1 heterocycles. The molecule has 0 fully saturated rings. The fraction of sp³-hybridized carbons (Fsp3) is 0.0625. The molecular weight excluding hydrogens is 307 g/mol. The molecule has 0 radical (unpaired) electrons. The van der Waals surface area contributed by atoms with E-state index in [-0.39, 0.29) is 0 Å². The fourth-order valence-electron chi connectivity index (χ4n) is 1.91. The third kappa shape index (κ3) is 3.20. The molecular formula is C16H12Cl2N2O. The maximum absolute atomic E-state index is 6.31. The van der Waals surface area contributed by atoms with E-state index in [4.69, 9.17) is 27.9 Å². The number of rotatable bonds is 4. The average molecular weight is 319 g/mol. The van der Waals surface area contributed by atoms with Crippen molar-refractivity contribution >= 4 is 23.2 Å². The highest BCUT2D eigenvalue weighted by Crippen LogP contribution is 2.27. The van der Waals surface area contributed by atoms with Crippen molar-refractivity contribution in [3.8, 4) is 11.4 Å². The predicted molar refractivity (Wildman–Crippen MR) is 84.4 cm³/mol. The standard InChI is InChI=1S/C16H12Cl2N2O/c17-13-6-8-14(9-7-13)20-16(18)15(10-19-20)21-11-12-4-2-1-3-5-12/h1-10H,11H2. The van der Waals surface area contributed by atoms with Crippen LogP contribution in [-0.2, 0) is 6.61 Å². The number of hydrogen-bond acceptors (Lipinski definition) is 2. The molecule has 21 heavy (non-hydrogen) atoms. The minimum atomic E-state index is 0.438. The molecule has 0 saturated heterocycles. The zero-order chi connectivity index (χ0) is 14.7. The van der Waals surface area contributed by atoms with Crippen molar-refractivity contribution in [2.45, 2.75) is 6.61 Å². The first kappa shape index (κ1) is 14.0. The van der Waals surface area contributed by atoms with Crippen LogP contribution in [0.1, 0.15) is 5.56 Å². The van der Waals surface area contributed by atoms with Gasteiger partial charge in [-0.25, -0.2) is 4.68 Å². The van der Waals surface area contributed by atoms with Gasteiger partial charge in [0.25, 0.3) is 0 Å². The average Bonchev–Trinajstić information content (AvgIpc) is 2.88. The molecule has 3 rings (SSSR count). The molecule has 1 aromatic heterocycles. The van der Waals surface area contributed by atoms with Crippen LogP contribution in [0.3, 0.4) is 0 Å². The number of halogens is 2. The van der Waals surface area contributed by atoms with Gasteiger partial charge in [-0.05, 0) is 29.8 Å². The van der Waals surface area contributed by atoms with E-state index in [9.17, 15) is 0 Å². The number of ether oxygens (including phenoxy) is 1. The van der Waals surface area contributed by atoms with Gasteiger partial charge in [-0.3, -0.25) is 0 Å². The van der Waals surface area contributed by atoms with Gasteiger partial charge in [0.05, 0.1) is 11.9 Å². The largest absolute Gasteiger partial charge is 0.484 e. The van der Waals surface area contributed by atoms with Crippen molar-refractivity contribution in [2.24, 2.45) is 0 Å². The monoisotopic (exact) mass is 318 g/mol. The van der Waals surface area contributed by atoms with Crippen molar-refractivity contribution in [1.82, 2.24) is 9.78 Å². The summed E-state index contributed by atoms with van der Waals surface area (Å²) in [6.07, 6.45) is 1.61. The minimum absolute atomic E-state index is 0.438. The lowest BCUT2D eigenvalue weighted by molar-refractivity contribution is 0.306. The molecule has 0 unspecified atom stereocenters. The van der Waals surface area contributed by atoms with Gasteiger partial charge in [0.2, 0.25) is 0 Å². The van der Waals surface area contributed by atoms with Crippen molar-refractivity contribution in [3.63, 3.8) is 0 Å². The van der Waals surface area contributed by atoms with Gasteiger partial charge in [0.15, 0.2) is 10.9 Å². The van der Waals surface area contributed by atoms with E-state index < -0.39 is 0 Å². The molecule has 2 aromatic carbocycles. The van der Waals surface area contributed by atoms with Crippen LogP contribution < -0.4 is 4.74 Å². The van der Waals surface area contributed by atoms with Crippen LogP contribution in [0.5, 0.6) is 5.75 Å². The Morgan fingerprint density at radius 1 is 0.952 bits per heavy atom. The zero-order valence-corrected chi connectivity index (χ0v) is 12.6. The summed E-state index contributed by atoms with van der Waals surface area (Å²) in [5.74, 6) is 0.551. The van der Waals surface area contributed by atoms with Crippen molar-refractivity contribution in [2.75, 3.05) is 0 Å². The van der Waals surface area contributed by atoms with E-state index in [2.05, 4.69) is 5.10 Å². The Balaban J connectivity index is 1.78. The predicted octanol–water partition coefficient (Wildman–Crippen LogP) is 4.76. The van der Waals surface area contributed by atoms with Crippen LogP contribution in [0, 0.1) is 0 Å². The van der Waals surface area contributed by atoms with Gasteiger partial charge < -0.3 is 4.74 Å². The molecule has 0 aliphatic rings. The minimum Gasteiger partial charge on any atom is -0.484 e. The highest BCUT2D eigenvalue weighted by atomic mass is 35.5. The van der Waals surface area contributed by atoms with Gasteiger partial charge in [-0.2, -0.15) is 5.10 Å². The van der Waals surface area contributed by atoms with Crippen LogP contribution in [0.15, 0.2) is 60.8 Å². The van der Waals surface area contributed by atoms with E-state index in [0.29, 0.717) is 22.5 Å². The molecule has 0 aliphatic heterocycles. The van der Waals surface area contributed by atoms with Crippen LogP contribution >= 0.6 is 23.2 Å². The lowest BCUT2D eigenvalue weighted by Gasteiger charge is -2.06. The van der Waals surface area contributed by atoms with Gasteiger partial charge in [0, 0.05) is 5.02 Å². The summed E-state index contributed by atoms with van der Waals surface area (Å²) in [6.45, 7) is 0.451. The van der Waals surface area contributed by atoms with Crippen molar-refractivity contribution < 1.29 is 4.74 Å². The second kappa shape index (κ2) is 6.20.